The first-order valence-corrected chi connectivity index (χ1v) is 6.14. The van der Waals surface area contributed by atoms with E-state index in [9.17, 15) is 4.39 Å². The van der Waals surface area contributed by atoms with E-state index >= 15 is 0 Å². The molecule has 1 aromatic carbocycles. The van der Waals surface area contributed by atoms with E-state index in [1.165, 1.54) is 6.07 Å². The Labute approximate surface area is 112 Å². The lowest BCUT2D eigenvalue weighted by Gasteiger charge is -2.10. The minimum absolute atomic E-state index is 0.207. The number of hydrogen-bond acceptors (Lipinski definition) is 3. The number of nitrogens with zero attached hydrogens (tertiary/aromatic N) is 1. The van der Waals surface area contributed by atoms with Crippen molar-refractivity contribution in [2.45, 2.75) is 20.0 Å². The summed E-state index contributed by atoms with van der Waals surface area (Å²) in [5.74, 6) is 0.410. The molecule has 0 saturated carbocycles. The van der Waals surface area contributed by atoms with Crippen LogP contribution in [-0.4, -0.2) is 12.1 Å². The van der Waals surface area contributed by atoms with Crippen LogP contribution < -0.4 is 10.1 Å². The normalized spacial score (nSPS) is 10.5. The van der Waals surface area contributed by atoms with Crippen LogP contribution in [0, 0.1) is 12.7 Å². The van der Waals surface area contributed by atoms with Gasteiger partial charge in [0.2, 0.25) is 5.88 Å². The van der Waals surface area contributed by atoms with Crippen molar-refractivity contribution in [2.75, 3.05) is 7.11 Å². The lowest BCUT2D eigenvalue weighted by atomic mass is 10.1. The number of benzene rings is 1. The first kappa shape index (κ1) is 13.5. The summed E-state index contributed by atoms with van der Waals surface area (Å²) in [5.41, 5.74) is 3.02. The average molecular weight is 260 g/mol. The molecular weight excluding hydrogens is 243 g/mol. The molecule has 0 atom stereocenters. The number of pyridine rings is 1. The molecule has 19 heavy (non-hydrogen) atoms. The van der Waals surface area contributed by atoms with Crippen molar-refractivity contribution in [3.8, 4) is 5.88 Å². The Morgan fingerprint density at radius 1 is 1.21 bits per heavy atom. The minimum atomic E-state index is -0.207. The van der Waals surface area contributed by atoms with Crippen LogP contribution in [0.1, 0.15) is 16.7 Å². The molecule has 0 aliphatic rings. The smallest absolute Gasteiger partial charge is 0.217 e. The van der Waals surface area contributed by atoms with Gasteiger partial charge in [0.1, 0.15) is 5.82 Å². The van der Waals surface area contributed by atoms with Crippen LogP contribution in [0.2, 0.25) is 0 Å². The van der Waals surface area contributed by atoms with E-state index in [-0.39, 0.29) is 5.82 Å². The Bertz CT molecular complexity index is 558. The van der Waals surface area contributed by atoms with Gasteiger partial charge in [-0.05, 0) is 36.2 Å². The molecule has 0 saturated heterocycles. The first-order valence-electron chi connectivity index (χ1n) is 6.14. The zero-order valence-electron chi connectivity index (χ0n) is 11.1. The lowest BCUT2D eigenvalue weighted by Crippen LogP contribution is -2.14. The number of nitrogens with one attached hydrogen (secondary N) is 1. The number of ether oxygens (including phenoxy) is 1. The average Bonchev–Trinajstić information content (AvgIpc) is 2.43. The van der Waals surface area contributed by atoms with E-state index in [4.69, 9.17) is 4.74 Å². The molecule has 100 valence electrons. The second-order valence-corrected chi connectivity index (χ2v) is 4.35. The van der Waals surface area contributed by atoms with Gasteiger partial charge in [-0.25, -0.2) is 9.37 Å². The highest BCUT2D eigenvalue weighted by Gasteiger charge is 2.04. The summed E-state index contributed by atoms with van der Waals surface area (Å²) in [6.45, 7) is 3.22. The predicted octanol–water partition coefficient (Wildman–Crippen LogP) is 2.83. The molecule has 0 bridgehead atoms. The van der Waals surface area contributed by atoms with E-state index in [0.29, 0.717) is 19.0 Å². The number of methoxy groups -OCH3 is 1. The number of halogens is 1. The highest BCUT2D eigenvalue weighted by molar-refractivity contribution is 5.27. The second kappa shape index (κ2) is 6.29. The maximum Gasteiger partial charge on any atom is 0.217 e. The molecule has 0 fully saturated rings. The Hall–Kier alpha value is -1.94. The fraction of sp³-hybridized carbons (Fsp3) is 0.267. The Balaban J connectivity index is 1.98. The van der Waals surface area contributed by atoms with Crippen molar-refractivity contribution < 1.29 is 9.13 Å². The standard InChI is InChI=1S/C15H17FN2O/c1-11-5-6-14(16)8-13(11)10-17-9-12-4-3-7-18-15(12)19-2/h3-8,17H,9-10H2,1-2H3. The van der Waals surface area contributed by atoms with Crippen molar-refractivity contribution >= 4 is 0 Å². The fourth-order valence-corrected chi connectivity index (χ4v) is 1.90. The minimum Gasteiger partial charge on any atom is -0.481 e. The third-order valence-corrected chi connectivity index (χ3v) is 2.99. The van der Waals surface area contributed by atoms with Crippen LogP contribution in [0.25, 0.3) is 0 Å². The largest absolute Gasteiger partial charge is 0.481 e. The molecule has 0 radical (unpaired) electrons. The van der Waals surface area contributed by atoms with Crippen LogP contribution in [-0.2, 0) is 13.1 Å². The van der Waals surface area contributed by atoms with E-state index in [1.807, 2.05) is 19.1 Å². The van der Waals surface area contributed by atoms with Crippen molar-refractivity contribution in [1.82, 2.24) is 10.3 Å². The van der Waals surface area contributed by atoms with Gasteiger partial charge in [0.05, 0.1) is 7.11 Å². The zero-order chi connectivity index (χ0) is 13.7. The summed E-state index contributed by atoms with van der Waals surface area (Å²) in [5, 5.41) is 3.27. The summed E-state index contributed by atoms with van der Waals surface area (Å²) >= 11 is 0. The molecule has 1 aromatic heterocycles. The van der Waals surface area contributed by atoms with E-state index in [1.54, 1.807) is 25.4 Å². The van der Waals surface area contributed by atoms with Gasteiger partial charge in [0.25, 0.3) is 0 Å². The summed E-state index contributed by atoms with van der Waals surface area (Å²) in [6.07, 6.45) is 1.69. The van der Waals surface area contributed by atoms with E-state index in [0.717, 1.165) is 16.7 Å². The molecule has 1 N–H and O–H groups in total. The fourth-order valence-electron chi connectivity index (χ4n) is 1.90. The molecule has 0 aliphatic heterocycles. The van der Waals surface area contributed by atoms with Gasteiger partial charge in [0.15, 0.2) is 0 Å². The summed E-state index contributed by atoms with van der Waals surface area (Å²) in [7, 11) is 1.60. The van der Waals surface area contributed by atoms with Gasteiger partial charge >= 0.3 is 0 Å². The molecule has 0 unspecified atom stereocenters. The molecule has 1 heterocycles. The third-order valence-electron chi connectivity index (χ3n) is 2.99. The molecule has 0 aliphatic carbocycles. The quantitative estimate of drug-likeness (QED) is 0.897. The van der Waals surface area contributed by atoms with Crippen LogP contribution >= 0.6 is 0 Å². The molecule has 2 aromatic rings. The maximum atomic E-state index is 13.2. The summed E-state index contributed by atoms with van der Waals surface area (Å²) in [6, 6.07) is 8.65. The highest BCUT2D eigenvalue weighted by atomic mass is 19.1. The van der Waals surface area contributed by atoms with Gasteiger partial charge in [-0.1, -0.05) is 12.1 Å². The third kappa shape index (κ3) is 3.51. The SMILES string of the molecule is COc1ncccc1CNCc1cc(F)ccc1C. The number of hydrogen-bond donors (Lipinski definition) is 1. The Kier molecular flexibility index (Phi) is 4.47. The van der Waals surface area contributed by atoms with E-state index in [2.05, 4.69) is 10.3 Å². The number of aromatic nitrogens is 1. The lowest BCUT2D eigenvalue weighted by molar-refractivity contribution is 0.390. The maximum absolute atomic E-state index is 13.2. The van der Waals surface area contributed by atoms with Crippen molar-refractivity contribution in [3.05, 3.63) is 59.0 Å². The van der Waals surface area contributed by atoms with Crippen molar-refractivity contribution in [3.63, 3.8) is 0 Å². The van der Waals surface area contributed by atoms with Crippen LogP contribution in [0.5, 0.6) is 5.88 Å². The monoisotopic (exact) mass is 260 g/mol. The van der Waals surface area contributed by atoms with Gasteiger partial charge < -0.3 is 10.1 Å². The summed E-state index contributed by atoms with van der Waals surface area (Å²) in [4.78, 5) is 4.13. The Morgan fingerprint density at radius 2 is 2.00 bits per heavy atom. The highest BCUT2D eigenvalue weighted by Crippen LogP contribution is 2.14. The molecular formula is C15H17FN2O. The van der Waals surface area contributed by atoms with Crippen molar-refractivity contribution in [1.29, 1.82) is 0 Å². The second-order valence-electron chi connectivity index (χ2n) is 4.35. The van der Waals surface area contributed by atoms with Gasteiger partial charge in [-0.2, -0.15) is 0 Å². The van der Waals surface area contributed by atoms with Crippen LogP contribution in [0.3, 0.4) is 0 Å². The topological polar surface area (TPSA) is 34.1 Å². The Morgan fingerprint density at radius 3 is 2.79 bits per heavy atom. The zero-order valence-corrected chi connectivity index (χ0v) is 11.1. The summed E-state index contributed by atoms with van der Waals surface area (Å²) < 4.78 is 18.3. The predicted molar refractivity (Wildman–Crippen MR) is 72.5 cm³/mol. The number of aryl methyl sites for hydroxylation is 1. The molecule has 0 spiro atoms. The first-order chi connectivity index (χ1) is 9.20. The van der Waals surface area contributed by atoms with Crippen molar-refractivity contribution in [2.24, 2.45) is 0 Å². The molecule has 4 heteroatoms. The number of rotatable bonds is 5. The molecule has 0 amide bonds. The van der Waals surface area contributed by atoms with E-state index < -0.39 is 0 Å². The van der Waals surface area contributed by atoms with Gasteiger partial charge in [-0.15, -0.1) is 0 Å². The molecule has 3 nitrogen and oxygen atoms in total. The van der Waals surface area contributed by atoms with Gasteiger partial charge in [0, 0.05) is 24.8 Å². The van der Waals surface area contributed by atoms with Crippen LogP contribution in [0.15, 0.2) is 36.5 Å². The van der Waals surface area contributed by atoms with Crippen LogP contribution in [0.4, 0.5) is 4.39 Å². The molecule has 2 rings (SSSR count). The van der Waals surface area contributed by atoms with Gasteiger partial charge in [-0.3, -0.25) is 0 Å².